The monoisotopic (exact) mass is 502 g/mol. The average Bonchev–Trinajstić information content (AvgIpc) is 3.68. The molecule has 3 saturated heterocycles. The van der Waals surface area contributed by atoms with Crippen LogP contribution in [0.25, 0.3) is 5.65 Å². The van der Waals surface area contributed by atoms with Gasteiger partial charge in [-0.15, -0.1) is 10.2 Å². The van der Waals surface area contributed by atoms with Gasteiger partial charge in [-0.2, -0.15) is 4.98 Å². The number of benzene rings is 1. The number of fused-ring (bicyclic) bond motifs is 2. The van der Waals surface area contributed by atoms with Crippen LogP contribution < -0.4 is 10.6 Å². The first kappa shape index (κ1) is 23.4. The van der Waals surface area contributed by atoms with Crippen molar-refractivity contribution in [1.82, 2.24) is 29.8 Å². The van der Waals surface area contributed by atoms with Gasteiger partial charge in [0.15, 0.2) is 11.5 Å². The number of ether oxygens (including phenoxy) is 1. The van der Waals surface area contributed by atoms with E-state index in [1.165, 1.54) is 6.42 Å². The van der Waals surface area contributed by atoms with Gasteiger partial charge in [-0.3, -0.25) is 9.89 Å². The van der Waals surface area contributed by atoms with E-state index in [1.807, 2.05) is 49.5 Å². The number of aryl methyl sites for hydroxylation is 1. The minimum Gasteiger partial charge on any atom is -0.481 e. The van der Waals surface area contributed by atoms with Crippen LogP contribution in [0.5, 0.6) is 0 Å². The highest BCUT2D eigenvalue weighted by Crippen LogP contribution is 2.70. The number of aliphatic carboxylic acids is 1. The molecule has 3 aliphatic heterocycles. The number of hydrogen-bond acceptors (Lipinski definition) is 8. The molecular weight excluding hydrogens is 472 g/mol. The first-order valence-electron chi connectivity index (χ1n) is 12.5. The zero-order chi connectivity index (χ0) is 25.8. The Bertz CT molecular complexity index is 1430. The average molecular weight is 503 g/mol. The summed E-state index contributed by atoms with van der Waals surface area (Å²) >= 11 is 0. The van der Waals surface area contributed by atoms with Crippen molar-refractivity contribution < 1.29 is 14.6 Å². The highest BCUT2D eigenvalue weighted by Gasteiger charge is 2.78. The molecule has 1 aromatic carbocycles. The van der Waals surface area contributed by atoms with E-state index in [2.05, 4.69) is 33.1 Å². The van der Waals surface area contributed by atoms with Gasteiger partial charge in [0.05, 0.1) is 24.4 Å². The van der Waals surface area contributed by atoms with Crippen molar-refractivity contribution in [3.63, 3.8) is 0 Å². The Hall–Kier alpha value is -3.99. The van der Waals surface area contributed by atoms with Crippen LogP contribution in [-0.2, 0) is 15.1 Å². The van der Waals surface area contributed by atoms with Crippen LogP contribution in [0.2, 0.25) is 0 Å². The smallest absolute Gasteiger partial charge is 0.313 e. The van der Waals surface area contributed by atoms with Crippen molar-refractivity contribution in [1.29, 1.82) is 0 Å². The number of hydrogen-bond donors (Lipinski definition) is 3. The number of nitrogens with one attached hydrogen (secondary N) is 1. The number of carboxylic acids is 1. The number of aromatic amines is 1. The Balaban J connectivity index is 0.000000372. The molecule has 4 atom stereocenters. The molecule has 0 radical (unpaired) electrons. The van der Waals surface area contributed by atoms with Crippen molar-refractivity contribution in [2.24, 2.45) is 11.3 Å². The Morgan fingerprint density at radius 2 is 1.95 bits per heavy atom. The zero-order valence-electron chi connectivity index (χ0n) is 20.8. The summed E-state index contributed by atoms with van der Waals surface area (Å²) in [6.45, 7) is 6.39. The van der Waals surface area contributed by atoms with E-state index in [0.717, 1.165) is 30.0 Å². The van der Waals surface area contributed by atoms with E-state index < -0.39 is 22.9 Å². The van der Waals surface area contributed by atoms with Crippen LogP contribution in [0.15, 0.2) is 48.7 Å². The minimum absolute atomic E-state index is 0.0685. The summed E-state index contributed by atoms with van der Waals surface area (Å²) in [4.78, 5) is 23.5. The van der Waals surface area contributed by atoms with Crippen LogP contribution in [0.3, 0.4) is 0 Å². The first-order valence-corrected chi connectivity index (χ1v) is 12.5. The van der Waals surface area contributed by atoms with Crippen molar-refractivity contribution in [3.05, 3.63) is 65.9 Å². The van der Waals surface area contributed by atoms with Crippen LogP contribution in [0, 0.1) is 18.3 Å². The van der Waals surface area contributed by atoms with E-state index in [9.17, 15) is 9.90 Å². The lowest BCUT2D eigenvalue weighted by molar-refractivity contribution is -0.158. The summed E-state index contributed by atoms with van der Waals surface area (Å²) in [6, 6.07) is 14.1. The number of nitrogen functional groups attached to an aromatic ring is 1. The predicted molar refractivity (Wildman–Crippen MR) is 136 cm³/mol. The number of anilines is 2. The standard InChI is InChI=1S/C20H24N8O3.C6H6/c1-10-3-4-27(6-10)12-5-11(2)15-23-16(26-28(15)7-12)20-8-19(9-31-20,17(29)30)13(20)14-22-18(21)25-24-14;1-2-4-6-5-3-1/h5,7,10,13H,3-4,6,8-9H2,1-2H3,(H,29,30)(H3,21,22,24,25);1-6H. The van der Waals surface area contributed by atoms with Crippen molar-refractivity contribution in [2.75, 3.05) is 30.3 Å². The lowest BCUT2D eigenvalue weighted by Crippen LogP contribution is -2.55. The quantitative estimate of drug-likeness (QED) is 0.383. The zero-order valence-corrected chi connectivity index (χ0v) is 20.8. The molecule has 1 aliphatic carbocycles. The number of nitrogens with two attached hydrogens (primary N) is 1. The molecule has 192 valence electrons. The molecule has 4 aromatic rings. The maximum absolute atomic E-state index is 12.1. The van der Waals surface area contributed by atoms with Crippen LogP contribution in [0.4, 0.5) is 11.6 Å². The number of aromatic nitrogens is 6. The third-order valence-electron chi connectivity index (χ3n) is 7.84. The first-order chi connectivity index (χ1) is 17.8. The van der Waals surface area contributed by atoms with Crippen molar-refractivity contribution in [3.8, 4) is 0 Å². The molecular formula is C26H30N8O3. The van der Waals surface area contributed by atoms with E-state index in [-0.39, 0.29) is 19.0 Å². The molecule has 0 spiro atoms. The summed E-state index contributed by atoms with van der Waals surface area (Å²) in [5.74, 6) is 0.0929. The Morgan fingerprint density at radius 3 is 2.54 bits per heavy atom. The molecule has 11 heteroatoms. The maximum Gasteiger partial charge on any atom is 0.313 e. The molecule has 4 unspecified atom stereocenters. The summed E-state index contributed by atoms with van der Waals surface area (Å²) in [7, 11) is 0. The van der Waals surface area contributed by atoms with Crippen LogP contribution in [-0.4, -0.2) is 60.6 Å². The van der Waals surface area contributed by atoms with Gasteiger partial charge in [-0.05, 0) is 30.9 Å². The van der Waals surface area contributed by atoms with Gasteiger partial charge in [0.1, 0.15) is 16.8 Å². The Kier molecular flexibility index (Phi) is 5.41. The van der Waals surface area contributed by atoms with E-state index in [4.69, 9.17) is 20.6 Å². The Morgan fingerprint density at radius 1 is 1.22 bits per heavy atom. The van der Waals surface area contributed by atoms with Gasteiger partial charge < -0.3 is 20.5 Å². The van der Waals surface area contributed by atoms with Crippen molar-refractivity contribution in [2.45, 2.75) is 38.2 Å². The number of carbonyl (C=O) groups is 1. The number of pyridine rings is 1. The topological polar surface area (TPSA) is 148 Å². The lowest BCUT2D eigenvalue weighted by atomic mass is 9.53. The van der Waals surface area contributed by atoms with E-state index in [1.54, 1.807) is 4.52 Å². The molecule has 1 saturated carbocycles. The fourth-order valence-corrected chi connectivity index (χ4v) is 5.99. The number of nitrogens with zero attached hydrogens (tertiary/aromatic N) is 6. The second-order valence-electron chi connectivity index (χ2n) is 10.4. The second kappa shape index (κ2) is 8.55. The van der Waals surface area contributed by atoms with Crippen LogP contribution in [0.1, 0.15) is 42.9 Å². The fraction of sp³-hybridized carbons (Fsp3) is 0.423. The number of carboxylic acid groups (broad SMARTS) is 1. The van der Waals surface area contributed by atoms with Crippen LogP contribution >= 0.6 is 0 Å². The summed E-state index contributed by atoms with van der Waals surface area (Å²) in [6.07, 6.45) is 3.45. The summed E-state index contributed by atoms with van der Waals surface area (Å²) in [5.41, 5.74) is 6.50. The minimum atomic E-state index is -1.09. The second-order valence-corrected chi connectivity index (χ2v) is 10.4. The molecule has 11 nitrogen and oxygen atoms in total. The maximum atomic E-state index is 12.1. The molecule has 8 rings (SSSR count). The van der Waals surface area contributed by atoms with Crippen molar-refractivity contribution >= 4 is 23.3 Å². The third-order valence-corrected chi connectivity index (χ3v) is 7.84. The van der Waals surface area contributed by atoms with Gasteiger partial charge in [0.2, 0.25) is 5.95 Å². The molecule has 4 fully saturated rings. The molecule has 0 amide bonds. The molecule has 3 aromatic heterocycles. The third kappa shape index (κ3) is 3.64. The SMILES string of the molecule is Cc1cc(N2CCC(C)C2)cn2nc(C34CC(C(=O)O)(CO3)C4c3nc(N)n[nH]3)nc12.c1ccccc1. The van der Waals surface area contributed by atoms with E-state index >= 15 is 0 Å². The summed E-state index contributed by atoms with van der Waals surface area (Å²) in [5, 5.41) is 21.4. The number of H-pyrrole nitrogens is 1. The molecule has 2 bridgehead atoms. The molecule has 4 aliphatic rings. The van der Waals surface area contributed by atoms with Gasteiger partial charge in [0.25, 0.3) is 0 Å². The highest BCUT2D eigenvalue weighted by molar-refractivity contribution is 5.80. The lowest BCUT2D eigenvalue weighted by Gasteiger charge is -2.47. The predicted octanol–water partition coefficient (Wildman–Crippen LogP) is 2.75. The fourth-order valence-electron chi connectivity index (χ4n) is 5.99. The molecule has 37 heavy (non-hydrogen) atoms. The Labute approximate surface area is 213 Å². The van der Waals surface area contributed by atoms with Gasteiger partial charge in [-0.25, -0.2) is 9.50 Å². The number of rotatable bonds is 4. The van der Waals surface area contributed by atoms with Gasteiger partial charge in [0, 0.05) is 19.5 Å². The normalized spacial score (nSPS) is 28.1. The van der Waals surface area contributed by atoms with Gasteiger partial charge >= 0.3 is 5.97 Å². The molecule has 4 N–H and O–H groups in total. The molecule has 6 heterocycles. The van der Waals surface area contributed by atoms with E-state index in [0.29, 0.717) is 17.6 Å². The largest absolute Gasteiger partial charge is 0.481 e. The van der Waals surface area contributed by atoms with Gasteiger partial charge in [-0.1, -0.05) is 43.3 Å². The highest BCUT2D eigenvalue weighted by atomic mass is 16.5. The summed E-state index contributed by atoms with van der Waals surface area (Å²) < 4.78 is 7.88.